The molecule has 1 aromatic heterocycles. The second-order valence-corrected chi connectivity index (χ2v) is 5.28. The lowest BCUT2D eigenvalue weighted by Gasteiger charge is -2.22. The van der Waals surface area contributed by atoms with E-state index in [9.17, 15) is 0 Å². The van der Waals surface area contributed by atoms with Gasteiger partial charge in [-0.05, 0) is 18.4 Å². The van der Waals surface area contributed by atoms with Crippen LogP contribution < -0.4 is 10.6 Å². The molecule has 0 aromatic carbocycles. The van der Waals surface area contributed by atoms with Gasteiger partial charge in [-0.25, -0.2) is 0 Å². The molecule has 1 aromatic rings. The smallest absolute Gasteiger partial charge is 0.0794 e. The lowest BCUT2D eigenvalue weighted by atomic mass is 9.90. The maximum atomic E-state index is 4.06. The maximum absolute atomic E-state index is 4.06. The fourth-order valence-electron chi connectivity index (χ4n) is 1.84. The first kappa shape index (κ1) is 10.1. The zero-order valence-corrected chi connectivity index (χ0v) is 9.36. The highest BCUT2D eigenvalue weighted by Crippen LogP contribution is 2.23. The summed E-state index contributed by atoms with van der Waals surface area (Å²) in [6.45, 7) is 6.70. The van der Waals surface area contributed by atoms with Crippen LogP contribution in [0.25, 0.3) is 0 Å². The number of hydrogen-bond donors (Lipinski definition) is 2. The van der Waals surface area contributed by atoms with Gasteiger partial charge in [0.2, 0.25) is 0 Å². The van der Waals surface area contributed by atoms with E-state index in [1.54, 1.807) is 11.3 Å². The Morgan fingerprint density at radius 1 is 1.71 bits per heavy atom. The van der Waals surface area contributed by atoms with Crippen LogP contribution in [0.1, 0.15) is 18.2 Å². The average Bonchev–Trinajstić information content (AvgIpc) is 2.77. The fraction of sp³-hybridized carbons (Fsp3) is 0.700. The van der Waals surface area contributed by atoms with Crippen molar-refractivity contribution in [2.75, 3.05) is 19.6 Å². The summed E-state index contributed by atoms with van der Waals surface area (Å²) in [6, 6.07) is 0. The first-order valence-electron chi connectivity index (χ1n) is 5.07. The van der Waals surface area contributed by atoms with Crippen LogP contribution in [-0.4, -0.2) is 24.6 Å². The molecular formula is C10H17N3S. The number of aromatic nitrogens is 1. The highest BCUT2D eigenvalue weighted by Gasteiger charge is 2.27. The van der Waals surface area contributed by atoms with E-state index in [4.69, 9.17) is 0 Å². The van der Waals surface area contributed by atoms with Crippen LogP contribution in [0.5, 0.6) is 0 Å². The van der Waals surface area contributed by atoms with E-state index in [-0.39, 0.29) is 0 Å². The molecule has 0 saturated carbocycles. The summed E-state index contributed by atoms with van der Waals surface area (Å²) in [5.41, 5.74) is 2.33. The first-order chi connectivity index (χ1) is 6.79. The third-order valence-corrected chi connectivity index (χ3v) is 3.57. The van der Waals surface area contributed by atoms with Crippen molar-refractivity contribution in [1.82, 2.24) is 15.6 Å². The predicted molar refractivity (Wildman–Crippen MR) is 59.4 cm³/mol. The van der Waals surface area contributed by atoms with E-state index in [0.29, 0.717) is 5.41 Å². The van der Waals surface area contributed by atoms with Gasteiger partial charge in [-0.1, -0.05) is 6.92 Å². The second kappa shape index (κ2) is 4.38. The SMILES string of the molecule is CC1(CNCc2cncs2)CCNC1. The molecule has 1 atom stereocenters. The van der Waals surface area contributed by atoms with Crippen LogP contribution in [0.3, 0.4) is 0 Å². The Labute approximate surface area is 88.9 Å². The van der Waals surface area contributed by atoms with Crippen LogP contribution in [-0.2, 0) is 6.54 Å². The predicted octanol–water partition coefficient (Wildman–Crippen LogP) is 1.23. The van der Waals surface area contributed by atoms with Crippen LogP contribution in [0.4, 0.5) is 0 Å². The Morgan fingerprint density at radius 3 is 3.29 bits per heavy atom. The molecule has 78 valence electrons. The molecule has 2 rings (SSSR count). The molecule has 0 bridgehead atoms. The number of rotatable bonds is 4. The molecule has 1 fully saturated rings. The number of hydrogen-bond acceptors (Lipinski definition) is 4. The molecule has 0 aliphatic carbocycles. The summed E-state index contributed by atoms with van der Waals surface area (Å²) in [6.07, 6.45) is 3.22. The highest BCUT2D eigenvalue weighted by atomic mass is 32.1. The Morgan fingerprint density at radius 2 is 2.64 bits per heavy atom. The van der Waals surface area contributed by atoms with Gasteiger partial charge in [-0.2, -0.15) is 0 Å². The Bertz CT molecular complexity index is 265. The normalized spacial score (nSPS) is 26.9. The Kier molecular flexibility index (Phi) is 3.15. The summed E-state index contributed by atoms with van der Waals surface area (Å²) >= 11 is 1.72. The molecule has 2 heterocycles. The third-order valence-electron chi connectivity index (χ3n) is 2.79. The van der Waals surface area contributed by atoms with Gasteiger partial charge in [0.15, 0.2) is 0 Å². The number of thiazole rings is 1. The van der Waals surface area contributed by atoms with Crippen molar-refractivity contribution in [2.45, 2.75) is 19.9 Å². The highest BCUT2D eigenvalue weighted by molar-refractivity contribution is 7.09. The minimum absolute atomic E-state index is 0.449. The van der Waals surface area contributed by atoms with Gasteiger partial charge in [0.25, 0.3) is 0 Å². The molecule has 0 radical (unpaired) electrons. The monoisotopic (exact) mass is 211 g/mol. The van der Waals surface area contributed by atoms with Crippen molar-refractivity contribution in [3.05, 3.63) is 16.6 Å². The molecule has 2 N–H and O–H groups in total. The zero-order valence-electron chi connectivity index (χ0n) is 8.55. The van der Waals surface area contributed by atoms with E-state index >= 15 is 0 Å². The van der Waals surface area contributed by atoms with Gasteiger partial charge in [0.05, 0.1) is 5.51 Å². The van der Waals surface area contributed by atoms with E-state index in [1.165, 1.54) is 17.8 Å². The summed E-state index contributed by atoms with van der Waals surface area (Å²) in [7, 11) is 0. The molecule has 14 heavy (non-hydrogen) atoms. The molecule has 3 nitrogen and oxygen atoms in total. The van der Waals surface area contributed by atoms with Crippen LogP contribution in [0.15, 0.2) is 11.7 Å². The largest absolute Gasteiger partial charge is 0.316 e. The number of nitrogens with zero attached hydrogens (tertiary/aromatic N) is 1. The molecule has 0 amide bonds. The van der Waals surface area contributed by atoms with Crippen LogP contribution >= 0.6 is 11.3 Å². The molecule has 1 aliphatic heterocycles. The van der Waals surface area contributed by atoms with Gasteiger partial charge in [-0.3, -0.25) is 4.98 Å². The average molecular weight is 211 g/mol. The van der Waals surface area contributed by atoms with Gasteiger partial charge < -0.3 is 10.6 Å². The van der Waals surface area contributed by atoms with E-state index in [1.807, 2.05) is 11.7 Å². The molecule has 1 saturated heterocycles. The summed E-state index contributed by atoms with van der Waals surface area (Å²) < 4.78 is 0. The molecule has 0 spiro atoms. The van der Waals surface area contributed by atoms with E-state index in [2.05, 4.69) is 22.5 Å². The third kappa shape index (κ3) is 2.53. The second-order valence-electron chi connectivity index (χ2n) is 4.31. The van der Waals surface area contributed by atoms with Gasteiger partial charge >= 0.3 is 0 Å². The van der Waals surface area contributed by atoms with Crippen molar-refractivity contribution < 1.29 is 0 Å². The Balaban J connectivity index is 1.72. The quantitative estimate of drug-likeness (QED) is 0.786. The minimum Gasteiger partial charge on any atom is -0.316 e. The van der Waals surface area contributed by atoms with Crippen molar-refractivity contribution in [1.29, 1.82) is 0 Å². The summed E-state index contributed by atoms with van der Waals surface area (Å²) in [5, 5.41) is 6.91. The lowest BCUT2D eigenvalue weighted by Crippen LogP contribution is -2.33. The number of nitrogens with one attached hydrogen (secondary N) is 2. The first-order valence-corrected chi connectivity index (χ1v) is 5.95. The van der Waals surface area contributed by atoms with Crippen molar-refractivity contribution >= 4 is 11.3 Å². The topological polar surface area (TPSA) is 37.0 Å². The molecular weight excluding hydrogens is 194 g/mol. The van der Waals surface area contributed by atoms with Gasteiger partial charge in [0, 0.05) is 30.7 Å². The maximum Gasteiger partial charge on any atom is 0.0794 e. The van der Waals surface area contributed by atoms with Crippen molar-refractivity contribution in [2.24, 2.45) is 5.41 Å². The van der Waals surface area contributed by atoms with Gasteiger partial charge in [0.1, 0.15) is 0 Å². The zero-order chi connectivity index (χ0) is 9.86. The van der Waals surface area contributed by atoms with Gasteiger partial charge in [-0.15, -0.1) is 11.3 Å². The fourth-order valence-corrected chi connectivity index (χ4v) is 2.40. The minimum atomic E-state index is 0.449. The van der Waals surface area contributed by atoms with E-state index in [0.717, 1.165) is 19.6 Å². The van der Waals surface area contributed by atoms with Crippen LogP contribution in [0.2, 0.25) is 0 Å². The van der Waals surface area contributed by atoms with Crippen molar-refractivity contribution in [3.63, 3.8) is 0 Å². The molecule has 1 aliphatic rings. The molecule has 4 heteroatoms. The summed E-state index contributed by atoms with van der Waals surface area (Å²) in [4.78, 5) is 5.38. The molecule has 1 unspecified atom stereocenters. The standard InChI is InChI=1S/C10H17N3S/c1-10(2-3-11-6-10)7-12-4-9-5-13-8-14-9/h5,8,11-12H,2-4,6-7H2,1H3. The van der Waals surface area contributed by atoms with Crippen LogP contribution in [0, 0.1) is 5.41 Å². The summed E-state index contributed by atoms with van der Waals surface area (Å²) in [5.74, 6) is 0. The van der Waals surface area contributed by atoms with E-state index < -0.39 is 0 Å². The Hall–Kier alpha value is -0.450. The van der Waals surface area contributed by atoms with Crippen molar-refractivity contribution in [3.8, 4) is 0 Å². The lowest BCUT2D eigenvalue weighted by molar-refractivity contribution is 0.340.